The van der Waals surface area contributed by atoms with E-state index in [1.165, 1.54) is 12.8 Å². The molecule has 3 fully saturated rings. The highest BCUT2D eigenvalue weighted by Gasteiger charge is 2.51. The van der Waals surface area contributed by atoms with Gasteiger partial charge in [-0.25, -0.2) is 8.78 Å². The Morgan fingerprint density at radius 3 is 2.59 bits per heavy atom. The van der Waals surface area contributed by atoms with Crippen LogP contribution in [0.15, 0.2) is 0 Å². The van der Waals surface area contributed by atoms with E-state index in [0.29, 0.717) is 44.3 Å². The number of nitrogens with zero attached hydrogens (tertiary/aromatic N) is 4. The first-order chi connectivity index (χ1) is 13.8. The summed E-state index contributed by atoms with van der Waals surface area (Å²) in [6, 6.07) is 0. The molecule has 1 N–H and O–H groups in total. The number of aryl methyl sites for hydroxylation is 1. The van der Waals surface area contributed by atoms with Crippen LogP contribution in [0, 0.1) is 17.3 Å². The van der Waals surface area contributed by atoms with Crippen molar-refractivity contribution in [1.82, 2.24) is 25.0 Å². The van der Waals surface area contributed by atoms with E-state index in [9.17, 15) is 18.4 Å². The minimum atomic E-state index is -2.67. The van der Waals surface area contributed by atoms with Gasteiger partial charge in [0.25, 0.3) is 5.91 Å². The van der Waals surface area contributed by atoms with E-state index in [2.05, 4.69) is 15.5 Å². The number of fused-ring (bicyclic) bond motifs is 1. The molecule has 2 aliphatic heterocycles. The fraction of sp³-hybridized carbons (Fsp3) is 0.800. The molecule has 2 saturated carbocycles. The van der Waals surface area contributed by atoms with Gasteiger partial charge < -0.3 is 14.8 Å². The SMILES string of the molecule is O=C(NCC1CC1)c1nnc2n1CCC1(CC2)CCN(C(=O)C2CC(F)(F)C2)C1. The van der Waals surface area contributed by atoms with Crippen LogP contribution in [0.4, 0.5) is 8.78 Å². The quantitative estimate of drug-likeness (QED) is 0.828. The third kappa shape index (κ3) is 3.64. The van der Waals surface area contributed by atoms with Gasteiger partial charge >= 0.3 is 0 Å². The highest BCUT2D eigenvalue weighted by Crippen LogP contribution is 2.46. The zero-order valence-electron chi connectivity index (χ0n) is 16.5. The van der Waals surface area contributed by atoms with Gasteiger partial charge in [0.15, 0.2) is 0 Å². The van der Waals surface area contributed by atoms with Gasteiger partial charge in [-0.05, 0) is 43.4 Å². The van der Waals surface area contributed by atoms with E-state index < -0.39 is 11.8 Å². The number of hydrogen-bond donors (Lipinski definition) is 1. The average Bonchev–Trinajstić information content (AvgIpc) is 3.31. The summed E-state index contributed by atoms with van der Waals surface area (Å²) >= 11 is 0. The molecule has 1 unspecified atom stereocenters. The van der Waals surface area contributed by atoms with E-state index in [0.717, 1.165) is 25.1 Å². The summed E-state index contributed by atoms with van der Waals surface area (Å²) in [5.74, 6) is -1.67. The second-order valence-corrected chi connectivity index (χ2v) is 9.47. The standard InChI is InChI=1S/C20H27F2N5O2/c21-20(22)9-14(10-20)18(29)26-7-5-19(12-26)4-3-15-24-25-16(27(15)8-6-19)17(28)23-11-13-1-2-13/h13-14H,1-12H2,(H,23,28). The summed E-state index contributed by atoms with van der Waals surface area (Å²) < 4.78 is 28.2. The fourth-order valence-electron chi connectivity index (χ4n) is 5.04. The average molecular weight is 407 g/mol. The number of carbonyl (C=O) groups excluding carboxylic acids is 2. The number of rotatable bonds is 4. The molecule has 4 aliphatic rings. The lowest BCUT2D eigenvalue weighted by Crippen LogP contribution is -2.46. The third-order valence-electron chi connectivity index (χ3n) is 7.21. The number of halogens is 2. The van der Waals surface area contributed by atoms with E-state index in [-0.39, 0.29) is 30.1 Å². The van der Waals surface area contributed by atoms with E-state index >= 15 is 0 Å². The van der Waals surface area contributed by atoms with Gasteiger partial charge in [0.2, 0.25) is 17.7 Å². The van der Waals surface area contributed by atoms with Gasteiger partial charge in [-0.3, -0.25) is 9.59 Å². The van der Waals surface area contributed by atoms with Crippen LogP contribution in [0.5, 0.6) is 0 Å². The third-order valence-corrected chi connectivity index (χ3v) is 7.21. The van der Waals surface area contributed by atoms with Crippen molar-refractivity contribution in [2.75, 3.05) is 19.6 Å². The van der Waals surface area contributed by atoms with Crippen molar-refractivity contribution in [2.45, 2.75) is 63.8 Å². The molecule has 0 bridgehead atoms. The lowest BCUT2D eigenvalue weighted by Gasteiger charge is -2.36. The maximum atomic E-state index is 13.1. The van der Waals surface area contributed by atoms with Crippen molar-refractivity contribution in [2.24, 2.45) is 17.3 Å². The van der Waals surface area contributed by atoms with Crippen LogP contribution >= 0.6 is 0 Å². The smallest absolute Gasteiger partial charge is 0.289 e. The summed E-state index contributed by atoms with van der Waals surface area (Å²) in [5.41, 5.74) is -0.0234. The van der Waals surface area contributed by atoms with Gasteiger partial charge in [0, 0.05) is 51.4 Å². The van der Waals surface area contributed by atoms with Crippen molar-refractivity contribution in [1.29, 1.82) is 0 Å². The first kappa shape index (κ1) is 18.9. The van der Waals surface area contributed by atoms with Crippen LogP contribution in [-0.4, -0.2) is 57.0 Å². The van der Waals surface area contributed by atoms with Crippen molar-refractivity contribution in [3.63, 3.8) is 0 Å². The number of nitrogens with one attached hydrogen (secondary N) is 1. The van der Waals surface area contributed by atoms with Gasteiger partial charge in [-0.15, -0.1) is 10.2 Å². The minimum Gasteiger partial charge on any atom is -0.349 e. The summed E-state index contributed by atoms with van der Waals surface area (Å²) in [5, 5.41) is 11.3. The van der Waals surface area contributed by atoms with Crippen LogP contribution in [0.1, 0.15) is 61.4 Å². The summed E-state index contributed by atoms with van der Waals surface area (Å²) in [7, 11) is 0. The maximum absolute atomic E-state index is 13.1. The Bertz CT molecular complexity index is 829. The molecule has 2 amide bonds. The molecule has 0 radical (unpaired) electrons. The van der Waals surface area contributed by atoms with Crippen LogP contribution in [0.2, 0.25) is 0 Å². The van der Waals surface area contributed by atoms with Crippen molar-refractivity contribution < 1.29 is 18.4 Å². The lowest BCUT2D eigenvalue weighted by atomic mass is 9.79. The minimum absolute atomic E-state index is 0.0234. The molecule has 29 heavy (non-hydrogen) atoms. The summed E-state index contributed by atoms with van der Waals surface area (Å²) in [6.07, 6.45) is 5.04. The molecule has 158 valence electrons. The topological polar surface area (TPSA) is 80.1 Å². The number of hydrogen-bond acceptors (Lipinski definition) is 4. The number of alkyl halides is 2. The molecule has 7 nitrogen and oxygen atoms in total. The van der Waals surface area contributed by atoms with Crippen LogP contribution in [0.25, 0.3) is 0 Å². The van der Waals surface area contributed by atoms with Crippen LogP contribution in [0.3, 0.4) is 0 Å². The van der Waals surface area contributed by atoms with Crippen LogP contribution in [-0.2, 0) is 17.8 Å². The van der Waals surface area contributed by atoms with Crippen molar-refractivity contribution in [3.8, 4) is 0 Å². The predicted octanol–water partition coefficient (Wildman–Crippen LogP) is 2.02. The number of likely N-dealkylation sites (tertiary alicyclic amines) is 1. The van der Waals surface area contributed by atoms with E-state index in [1.54, 1.807) is 4.90 Å². The summed E-state index contributed by atoms with van der Waals surface area (Å²) in [6.45, 7) is 2.60. The largest absolute Gasteiger partial charge is 0.349 e. The van der Waals surface area contributed by atoms with Gasteiger partial charge in [0.1, 0.15) is 5.82 Å². The molecular weight excluding hydrogens is 380 g/mol. The second kappa shape index (κ2) is 6.74. The number of aromatic nitrogens is 3. The Labute approximate surface area is 168 Å². The molecule has 9 heteroatoms. The first-order valence-corrected chi connectivity index (χ1v) is 10.7. The Morgan fingerprint density at radius 2 is 1.86 bits per heavy atom. The Balaban J connectivity index is 1.22. The Morgan fingerprint density at radius 1 is 1.10 bits per heavy atom. The molecule has 0 aromatic carbocycles. The predicted molar refractivity (Wildman–Crippen MR) is 99.3 cm³/mol. The van der Waals surface area contributed by atoms with E-state index in [1.807, 2.05) is 4.57 Å². The second-order valence-electron chi connectivity index (χ2n) is 9.47. The highest BCUT2D eigenvalue weighted by atomic mass is 19.3. The lowest BCUT2D eigenvalue weighted by molar-refractivity contribution is -0.159. The van der Waals surface area contributed by atoms with Crippen molar-refractivity contribution >= 4 is 11.8 Å². The van der Waals surface area contributed by atoms with Crippen molar-refractivity contribution in [3.05, 3.63) is 11.6 Å². The molecule has 5 rings (SSSR count). The molecule has 1 atom stereocenters. The summed E-state index contributed by atoms with van der Waals surface area (Å²) in [4.78, 5) is 26.9. The monoisotopic (exact) mass is 407 g/mol. The molecule has 1 aromatic heterocycles. The molecule has 1 saturated heterocycles. The molecule has 1 spiro atoms. The molecule has 1 aromatic rings. The number of carbonyl (C=O) groups is 2. The molecule has 3 heterocycles. The number of amides is 2. The van der Waals surface area contributed by atoms with Gasteiger partial charge in [0.05, 0.1) is 0 Å². The molecular formula is C20H27F2N5O2. The Kier molecular flexibility index (Phi) is 4.40. The van der Waals surface area contributed by atoms with Gasteiger partial charge in [-0.1, -0.05) is 0 Å². The van der Waals surface area contributed by atoms with Gasteiger partial charge in [-0.2, -0.15) is 0 Å². The van der Waals surface area contributed by atoms with Crippen LogP contribution < -0.4 is 5.32 Å². The maximum Gasteiger partial charge on any atom is 0.289 e. The molecule has 2 aliphatic carbocycles. The van der Waals surface area contributed by atoms with E-state index in [4.69, 9.17) is 0 Å². The fourth-order valence-corrected chi connectivity index (χ4v) is 5.04. The zero-order chi connectivity index (χ0) is 20.2. The highest BCUT2D eigenvalue weighted by molar-refractivity contribution is 5.90. The Hall–Kier alpha value is -2.06. The zero-order valence-corrected chi connectivity index (χ0v) is 16.5. The first-order valence-electron chi connectivity index (χ1n) is 10.7. The normalized spacial score (nSPS) is 28.7.